The molecule has 1 atom stereocenters. The SMILES string of the molecule is CN1CCC(c2ccccc2)(c2cc(CCCNC(=O)c3ccc(CCNCC(O)c4ccc(O)c5[nH]c(=O)ccc45)cc3)ccc2O)CC1. The van der Waals surface area contributed by atoms with Crippen molar-refractivity contribution in [3.63, 3.8) is 0 Å². The number of piperidine rings is 1. The number of phenolic OH excluding ortho intramolecular Hbond substituents is 2. The number of nitrogens with one attached hydrogen (secondary N) is 3. The second kappa shape index (κ2) is 15.7. The van der Waals surface area contributed by atoms with Crippen molar-refractivity contribution in [1.29, 1.82) is 0 Å². The molecule has 260 valence electrons. The van der Waals surface area contributed by atoms with E-state index in [2.05, 4.69) is 57.9 Å². The van der Waals surface area contributed by atoms with Gasteiger partial charge in [-0.15, -0.1) is 0 Å². The molecule has 1 amide bonds. The minimum atomic E-state index is -0.823. The maximum Gasteiger partial charge on any atom is 0.251 e. The maximum atomic E-state index is 12.9. The third-order valence-corrected chi connectivity index (χ3v) is 10.1. The van der Waals surface area contributed by atoms with Gasteiger partial charge in [-0.2, -0.15) is 0 Å². The Balaban J connectivity index is 0.968. The first-order valence-corrected chi connectivity index (χ1v) is 17.4. The molecule has 1 aliphatic rings. The Kier molecular flexibility index (Phi) is 11.0. The normalized spacial score (nSPS) is 15.2. The predicted molar refractivity (Wildman–Crippen MR) is 197 cm³/mol. The minimum Gasteiger partial charge on any atom is -0.508 e. The lowest BCUT2D eigenvalue weighted by Crippen LogP contribution is -2.41. The van der Waals surface area contributed by atoms with Gasteiger partial charge in [0.05, 0.1) is 11.6 Å². The second-order valence-corrected chi connectivity index (χ2v) is 13.4. The summed E-state index contributed by atoms with van der Waals surface area (Å²) in [5, 5.41) is 38.8. The van der Waals surface area contributed by atoms with Crippen LogP contribution in [0.1, 0.15) is 63.5 Å². The quantitative estimate of drug-likeness (QED) is 0.0948. The van der Waals surface area contributed by atoms with Crippen LogP contribution in [-0.2, 0) is 18.3 Å². The van der Waals surface area contributed by atoms with Crippen LogP contribution in [0.3, 0.4) is 0 Å². The molecule has 4 aromatic carbocycles. The first-order valence-electron chi connectivity index (χ1n) is 17.4. The number of aromatic amines is 1. The van der Waals surface area contributed by atoms with Gasteiger partial charge in [0, 0.05) is 41.1 Å². The van der Waals surface area contributed by atoms with Gasteiger partial charge in [0.15, 0.2) is 0 Å². The number of amides is 1. The fraction of sp³-hybridized carbons (Fsp3) is 0.317. The summed E-state index contributed by atoms with van der Waals surface area (Å²) >= 11 is 0. The van der Waals surface area contributed by atoms with Gasteiger partial charge in [-0.3, -0.25) is 9.59 Å². The molecule has 1 unspecified atom stereocenters. The Morgan fingerprint density at radius 3 is 2.34 bits per heavy atom. The van der Waals surface area contributed by atoms with Crippen LogP contribution in [0.15, 0.2) is 102 Å². The zero-order chi connectivity index (χ0) is 35.1. The zero-order valence-electron chi connectivity index (χ0n) is 28.5. The van der Waals surface area contributed by atoms with Crippen molar-refractivity contribution < 1.29 is 20.1 Å². The van der Waals surface area contributed by atoms with Crippen LogP contribution < -0.4 is 16.2 Å². The summed E-state index contributed by atoms with van der Waals surface area (Å²) in [6, 6.07) is 30.2. The number of phenols is 2. The van der Waals surface area contributed by atoms with Crippen LogP contribution >= 0.6 is 0 Å². The molecule has 0 saturated carbocycles. The zero-order valence-corrected chi connectivity index (χ0v) is 28.5. The average molecular weight is 675 g/mol. The van der Waals surface area contributed by atoms with E-state index in [4.69, 9.17) is 0 Å². The summed E-state index contributed by atoms with van der Waals surface area (Å²) in [6.45, 7) is 3.41. The van der Waals surface area contributed by atoms with Gasteiger partial charge < -0.3 is 35.8 Å². The molecule has 2 heterocycles. The molecular formula is C41H46N4O5. The van der Waals surface area contributed by atoms with Crippen LogP contribution in [0, 0.1) is 0 Å². The molecule has 0 radical (unpaired) electrons. The number of carbonyl (C=O) groups is 1. The summed E-state index contributed by atoms with van der Waals surface area (Å²) < 4.78 is 0. The smallest absolute Gasteiger partial charge is 0.251 e. The van der Waals surface area contributed by atoms with E-state index in [-0.39, 0.29) is 22.6 Å². The van der Waals surface area contributed by atoms with Crippen LogP contribution in [-0.4, -0.2) is 70.9 Å². The third kappa shape index (κ3) is 7.91. The van der Waals surface area contributed by atoms with Crippen molar-refractivity contribution in [2.45, 2.75) is 43.6 Å². The highest BCUT2D eigenvalue weighted by Crippen LogP contribution is 2.45. The minimum absolute atomic E-state index is 0.0400. The molecule has 9 heteroatoms. The summed E-state index contributed by atoms with van der Waals surface area (Å²) in [7, 11) is 2.15. The number of hydrogen-bond donors (Lipinski definition) is 6. The lowest BCUT2D eigenvalue weighted by Gasteiger charge is -2.42. The fourth-order valence-electron chi connectivity index (χ4n) is 7.14. The van der Waals surface area contributed by atoms with E-state index in [1.165, 1.54) is 17.7 Å². The number of rotatable bonds is 13. The van der Waals surface area contributed by atoms with Gasteiger partial charge in [0.25, 0.3) is 5.91 Å². The number of fused-ring (bicyclic) bond motifs is 1. The summed E-state index contributed by atoms with van der Waals surface area (Å²) in [5.74, 6) is 0.192. The molecule has 1 saturated heterocycles. The maximum absolute atomic E-state index is 12.9. The highest BCUT2D eigenvalue weighted by molar-refractivity contribution is 5.94. The molecule has 5 aromatic rings. The van der Waals surface area contributed by atoms with E-state index < -0.39 is 6.10 Å². The lowest BCUT2D eigenvalue weighted by molar-refractivity contribution is 0.0953. The van der Waals surface area contributed by atoms with Crippen LogP contribution in [0.5, 0.6) is 11.5 Å². The number of nitrogens with zero attached hydrogens (tertiary/aromatic N) is 1. The van der Waals surface area contributed by atoms with Crippen molar-refractivity contribution in [2.75, 3.05) is 39.8 Å². The third-order valence-electron chi connectivity index (χ3n) is 10.1. The van der Waals surface area contributed by atoms with E-state index in [9.17, 15) is 24.9 Å². The Morgan fingerprint density at radius 1 is 0.860 bits per heavy atom. The Labute approximate surface area is 292 Å². The molecule has 0 bridgehead atoms. The van der Waals surface area contributed by atoms with Crippen molar-refractivity contribution in [3.05, 3.63) is 141 Å². The predicted octanol–water partition coefficient (Wildman–Crippen LogP) is 5.18. The first kappa shape index (κ1) is 34.9. The molecular weight excluding hydrogens is 628 g/mol. The second-order valence-electron chi connectivity index (χ2n) is 13.4. The number of H-pyrrole nitrogens is 1. The van der Waals surface area contributed by atoms with Gasteiger partial charge in [-0.1, -0.05) is 60.7 Å². The van der Waals surface area contributed by atoms with Crippen LogP contribution in [0.2, 0.25) is 0 Å². The largest absolute Gasteiger partial charge is 0.508 e. The monoisotopic (exact) mass is 674 g/mol. The number of pyridine rings is 1. The highest BCUT2D eigenvalue weighted by Gasteiger charge is 2.39. The number of hydrogen-bond acceptors (Lipinski definition) is 7. The average Bonchev–Trinajstić information content (AvgIpc) is 3.14. The van der Waals surface area contributed by atoms with E-state index in [0.717, 1.165) is 61.9 Å². The van der Waals surface area contributed by atoms with Gasteiger partial charge in [0.2, 0.25) is 5.56 Å². The molecule has 9 nitrogen and oxygen atoms in total. The fourth-order valence-corrected chi connectivity index (χ4v) is 7.14. The molecule has 1 aliphatic heterocycles. The number of aromatic hydroxyl groups is 2. The van der Waals surface area contributed by atoms with Crippen molar-refractivity contribution in [1.82, 2.24) is 20.5 Å². The molecule has 6 N–H and O–H groups in total. The van der Waals surface area contributed by atoms with Crippen molar-refractivity contribution in [2.24, 2.45) is 0 Å². The van der Waals surface area contributed by atoms with Gasteiger partial charge >= 0.3 is 0 Å². The molecule has 50 heavy (non-hydrogen) atoms. The number of aromatic nitrogens is 1. The number of carbonyl (C=O) groups excluding carboxylic acids is 1. The molecule has 0 spiro atoms. The Morgan fingerprint density at radius 2 is 1.58 bits per heavy atom. The van der Waals surface area contributed by atoms with Gasteiger partial charge in [-0.05, 0) is 111 Å². The van der Waals surface area contributed by atoms with E-state index >= 15 is 0 Å². The first-order chi connectivity index (χ1) is 24.2. The van der Waals surface area contributed by atoms with Crippen LogP contribution in [0.25, 0.3) is 10.9 Å². The van der Waals surface area contributed by atoms with Crippen molar-refractivity contribution >= 4 is 16.8 Å². The van der Waals surface area contributed by atoms with Crippen molar-refractivity contribution in [3.8, 4) is 11.5 Å². The van der Waals surface area contributed by atoms with Gasteiger partial charge in [-0.25, -0.2) is 0 Å². The Hall–Kier alpha value is -4.96. The molecule has 0 aliphatic carbocycles. The lowest BCUT2D eigenvalue weighted by atomic mass is 9.67. The number of aliphatic hydroxyl groups excluding tert-OH is 1. The standard InChI is InChI=1S/C41H46N4O5/c1-45-24-20-41(21-25-45,31-7-3-2-4-8-31)34-26-29(11-16-35(34)46)6-5-22-43-40(50)30-12-9-28(10-13-30)19-23-42-27-37(48)32-14-17-36(47)39-33(32)15-18-38(49)44-39/h2-4,7-18,26,37,42,46-48H,5-6,19-25,27H2,1H3,(H,43,50)(H,44,49). The summed E-state index contributed by atoms with van der Waals surface area (Å²) in [5.41, 5.74) is 5.45. The molecule has 6 rings (SSSR count). The van der Waals surface area contributed by atoms with Crippen LogP contribution in [0.4, 0.5) is 0 Å². The summed E-state index contributed by atoms with van der Waals surface area (Å²) in [4.78, 5) is 29.5. The number of benzene rings is 4. The highest BCUT2D eigenvalue weighted by atomic mass is 16.3. The molecule has 1 fully saturated rings. The number of aryl methyl sites for hydroxylation is 1. The molecule has 1 aromatic heterocycles. The van der Waals surface area contributed by atoms with E-state index in [1.54, 1.807) is 12.1 Å². The summed E-state index contributed by atoms with van der Waals surface area (Å²) in [6.07, 6.45) is 3.36. The topological polar surface area (TPSA) is 138 Å². The van der Waals surface area contributed by atoms with E-state index in [0.29, 0.717) is 47.4 Å². The van der Waals surface area contributed by atoms with E-state index in [1.807, 2.05) is 42.5 Å². The van der Waals surface area contributed by atoms with Gasteiger partial charge in [0.1, 0.15) is 11.5 Å². The number of aliphatic hydroxyl groups is 1. The number of likely N-dealkylation sites (tertiary alicyclic amines) is 1. The Bertz CT molecular complexity index is 1970.